The number of amides is 1. The Morgan fingerprint density at radius 2 is 2.00 bits per heavy atom. The molecule has 0 aliphatic heterocycles. The molecule has 1 heterocycles. The fourth-order valence-electron chi connectivity index (χ4n) is 2.18. The van der Waals surface area contributed by atoms with E-state index in [0.29, 0.717) is 24.6 Å². The molecule has 0 fully saturated rings. The highest BCUT2D eigenvalue weighted by Crippen LogP contribution is 2.23. The van der Waals surface area contributed by atoms with Crippen molar-refractivity contribution in [3.63, 3.8) is 0 Å². The van der Waals surface area contributed by atoms with Crippen LogP contribution in [0.15, 0.2) is 24.3 Å². The summed E-state index contributed by atoms with van der Waals surface area (Å²) in [6.07, 6.45) is 0. The number of hydrogen-bond donors (Lipinski definition) is 2. The van der Waals surface area contributed by atoms with Gasteiger partial charge in [-0.25, -0.2) is 0 Å². The van der Waals surface area contributed by atoms with E-state index in [1.54, 1.807) is 7.05 Å². The predicted octanol–water partition coefficient (Wildman–Crippen LogP) is 3.43. The lowest BCUT2D eigenvalue weighted by Crippen LogP contribution is -2.28. The third-order valence-corrected chi connectivity index (χ3v) is 4.48. The van der Waals surface area contributed by atoms with E-state index in [1.807, 2.05) is 19.1 Å². The summed E-state index contributed by atoms with van der Waals surface area (Å²) in [4.78, 5) is 12.2. The molecule has 0 saturated carbocycles. The lowest BCUT2D eigenvalue weighted by Gasteiger charge is -2.10. The molecule has 0 bridgehead atoms. The fourth-order valence-corrected chi connectivity index (χ4v) is 2.92. The van der Waals surface area contributed by atoms with Crippen molar-refractivity contribution in [2.45, 2.75) is 26.7 Å². The molecule has 0 atom stereocenters. The largest absolute Gasteiger partial charge is 0.492 e. The van der Waals surface area contributed by atoms with Gasteiger partial charge in [0.1, 0.15) is 17.4 Å². The minimum atomic E-state index is -0.126. The first-order valence-corrected chi connectivity index (χ1v) is 8.45. The summed E-state index contributed by atoms with van der Waals surface area (Å²) < 4.78 is 9.85. The minimum absolute atomic E-state index is 0.126. The lowest BCUT2D eigenvalue weighted by atomic mass is 10.0. The van der Waals surface area contributed by atoms with E-state index in [9.17, 15) is 4.79 Å². The predicted molar refractivity (Wildman–Crippen MR) is 94.8 cm³/mol. The molecule has 124 valence electrons. The van der Waals surface area contributed by atoms with E-state index >= 15 is 0 Å². The summed E-state index contributed by atoms with van der Waals surface area (Å²) in [5.41, 5.74) is 2.63. The van der Waals surface area contributed by atoms with Gasteiger partial charge in [-0.15, -0.1) is 0 Å². The molecule has 6 heteroatoms. The van der Waals surface area contributed by atoms with Crippen LogP contribution in [0.1, 0.15) is 41.4 Å². The molecule has 2 aromatic rings. The van der Waals surface area contributed by atoms with E-state index in [0.717, 1.165) is 16.4 Å². The average Bonchev–Trinajstić information content (AvgIpc) is 2.92. The maximum Gasteiger partial charge on any atom is 0.256 e. The number of aromatic nitrogens is 1. The highest BCUT2D eigenvalue weighted by atomic mass is 32.1. The monoisotopic (exact) mass is 333 g/mol. The molecule has 0 spiro atoms. The summed E-state index contributed by atoms with van der Waals surface area (Å²) in [5.74, 6) is 1.19. The minimum Gasteiger partial charge on any atom is -0.492 e. The van der Waals surface area contributed by atoms with Crippen LogP contribution in [0.25, 0.3) is 0 Å². The normalized spacial score (nSPS) is 10.7. The Hall–Kier alpha value is -2.08. The van der Waals surface area contributed by atoms with Crippen LogP contribution in [0, 0.1) is 6.92 Å². The average molecular weight is 333 g/mol. The highest BCUT2D eigenvalue weighted by molar-refractivity contribution is 7.10. The van der Waals surface area contributed by atoms with Crippen molar-refractivity contribution in [3.8, 4) is 5.75 Å². The van der Waals surface area contributed by atoms with Crippen molar-refractivity contribution < 1.29 is 9.53 Å². The van der Waals surface area contributed by atoms with Crippen LogP contribution >= 0.6 is 11.5 Å². The Kier molecular flexibility index (Phi) is 5.98. The first-order chi connectivity index (χ1) is 11.0. The Balaban J connectivity index is 1.81. The number of hydrogen-bond acceptors (Lipinski definition) is 5. The Morgan fingerprint density at radius 1 is 1.30 bits per heavy atom. The number of nitrogens with zero attached hydrogens (tertiary/aromatic N) is 1. The second kappa shape index (κ2) is 7.97. The number of anilines is 1. The van der Waals surface area contributed by atoms with Crippen LogP contribution in [0.5, 0.6) is 5.75 Å². The van der Waals surface area contributed by atoms with Gasteiger partial charge in [0.05, 0.1) is 17.8 Å². The van der Waals surface area contributed by atoms with Crippen LogP contribution in [-0.2, 0) is 0 Å². The molecule has 1 aromatic carbocycles. The lowest BCUT2D eigenvalue weighted by molar-refractivity contribution is 0.0947. The van der Waals surface area contributed by atoms with Gasteiger partial charge < -0.3 is 15.4 Å². The summed E-state index contributed by atoms with van der Waals surface area (Å²) >= 11 is 1.29. The first-order valence-electron chi connectivity index (χ1n) is 7.68. The van der Waals surface area contributed by atoms with Crippen molar-refractivity contribution in [2.75, 3.05) is 25.5 Å². The molecule has 0 saturated heterocycles. The zero-order chi connectivity index (χ0) is 16.8. The highest BCUT2D eigenvalue weighted by Gasteiger charge is 2.16. The Labute approximate surface area is 141 Å². The smallest absolute Gasteiger partial charge is 0.256 e. The molecule has 2 N–H and O–H groups in total. The zero-order valence-corrected chi connectivity index (χ0v) is 14.8. The van der Waals surface area contributed by atoms with E-state index in [2.05, 4.69) is 41.0 Å². The third kappa shape index (κ3) is 4.45. The van der Waals surface area contributed by atoms with Crippen LogP contribution in [0.2, 0.25) is 0 Å². The maximum absolute atomic E-state index is 12.2. The summed E-state index contributed by atoms with van der Waals surface area (Å²) in [7, 11) is 1.79. The number of carbonyl (C=O) groups excluding carboxylic acids is 1. The standard InChI is InChI=1S/C17H23N3O2S/c1-11(2)13-5-7-14(8-6-13)22-10-9-19-16(21)15-12(3)20-23-17(15)18-4/h5-8,11,18H,9-10H2,1-4H3,(H,19,21). The molecule has 5 nitrogen and oxygen atoms in total. The number of nitrogens with one attached hydrogen (secondary N) is 2. The van der Waals surface area contributed by atoms with Crippen molar-refractivity contribution in [3.05, 3.63) is 41.1 Å². The Bertz CT molecular complexity index is 650. The number of benzene rings is 1. The molecule has 0 unspecified atom stereocenters. The second-order valence-corrected chi connectivity index (χ2v) is 6.32. The van der Waals surface area contributed by atoms with Gasteiger partial charge in [0.25, 0.3) is 5.91 Å². The topological polar surface area (TPSA) is 63.2 Å². The van der Waals surface area contributed by atoms with E-state index in [4.69, 9.17) is 4.74 Å². The van der Waals surface area contributed by atoms with Gasteiger partial charge >= 0.3 is 0 Å². The summed E-state index contributed by atoms with van der Waals surface area (Å²) in [6, 6.07) is 8.06. The van der Waals surface area contributed by atoms with Gasteiger partial charge in [-0.2, -0.15) is 4.37 Å². The maximum atomic E-state index is 12.2. The van der Waals surface area contributed by atoms with Crippen LogP contribution < -0.4 is 15.4 Å². The van der Waals surface area contributed by atoms with Gasteiger partial charge in [-0.05, 0) is 42.1 Å². The van der Waals surface area contributed by atoms with Gasteiger partial charge in [-0.1, -0.05) is 26.0 Å². The van der Waals surface area contributed by atoms with Crippen LogP contribution in [0.3, 0.4) is 0 Å². The zero-order valence-electron chi connectivity index (χ0n) is 14.0. The van der Waals surface area contributed by atoms with Crippen LogP contribution in [-0.4, -0.2) is 30.5 Å². The SMILES string of the molecule is CNc1snc(C)c1C(=O)NCCOc1ccc(C(C)C)cc1. The van der Waals surface area contributed by atoms with Gasteiger partial charge in [-0.3, -0.25) is 4.79 Å². The van der Waals surface area contributed by atoms with Crippen molar-refractivity contribution in [2.24, 2.45) is 0 Å². The van der Waals surface area contributed by atoms with Gasteiger partial charge in [0, 0.05) is 7.05 Å². The van der Waals surface area contributed by atoms with E-state index in [1.165, 1.54) is 17.1 Å². The van der Waals surface area contributed by atoms with Crippen molar-refractivity contribution in [1.29, 1.82) is 0 Å². The van der Waals surface area contributed by atoms with E-state index < -0.39 is 0 Å². The number of carbonyl (C=O) groups is 1. The fraction of sp³-hybridized carbons (Fsp3) is 0.412. The first kappa shape index (κ1) is 17.3. The molecule has 0 aliphatic carbocycles. The Morgan fingerprint density at radius 3 is 2.61 bits per heavy atom. The molecule has 0 radical (unpaired) electrons. The van der Waals surface area contributed by atoms with Crippen molar-refractivity contribution in [1.82, 2.24) is 9.69 Å². The van der Waals surface area contributed by atoms with Crippen molar-refractivity contribution >= 4 is 22.4 Å². The molecule has 0 aliphatic rings. The molecule has 23 heavy (non-hydrogen) atoms. The second-order valence-electron chi connectivity index (χ2n) is 5.55. The summed E-state index contributed by atoms with van der Waals surface area (Å²) in [5, 5.41) is 6.64. The molecular weight excluding hydrogens is 310 g/mol. The number of aryl methyl sites for hydroxylation is 1. The molecular formula is C17H23N3O2S. The number of ether oxygens (including phenoxy) is 1. The number of rotatable bonds is 7. The molecule has 2 rings (SSSR count). The molecule has 1 amide bonds. The van der Waals surface area contributed by atoms with Gasteiger partial charge in [0.2, 0.25) is 0 Å². The van der Waals surface area contributed by atoms with Crippen LogP contribution in [0.4, 0.5) is 5.00 Å². The summed E-state index contributed by atoms with van der Waals surface area (Å²) in [6.45, 7) is 7.03. The quantitative estimate of drug-likeness (QED) is 0.762. The van der Waals surface area contributed by atoms with E-state index in [-0.39, 0.29) is 5.91 Å². The third-order valence-electron chi connectivity index (χ3n) is 3.52. The molecule has 1 aromatic heterocycles. The van der Waals surface area contributed by atoms with Gasteiger partial charge in [0.15, 0.2) is 0 Å².